The van der Waals surface area contributed by atoms with Gasteiger partial charge in [-0.2, -0.15) is 0 Å². The number of methoxy groups -OCH3 is 2. The number of benzene rings is 1. The molecule has 1 aromatic carbocycles. The first-order valence-corrected chi connectivity index (χ1v) is 6.56. The van der Waals surface area contributed by atoms with E-state index in [4.69, 9.17) is 14.2 Å². The zero-order valence-corrected chi connectivity index (χ0v) is 11.8. The molecule has 1 aromatic rings. The summed E-state index contributed by atoms with van der Waals surface area (Å²) < 4.78 is 16.0. The number of hydrogen-bond acceptors (Lipinski definition) is 5. The van der Waals surface area contributed by atoms with Crippen molar-refractivity contribution in [2.45, 2.75) is 12.6 Å². The summed E-state index contributed by atoms with van der Waals surface area (Å²) in [4.78, 5) is 12.0. The molecule has 110 valence electrons. The highest BCUT2D eigenvalue weighted by molar-refractivity contribution is 5.81. The molecule has 6 heteroatoms. The van der Waals surface area contributed by atoms with Crippen LogP contribution in [0.1, 0.15) is 5.56 Å². The van der Waals surface area contributed by atoms with Crippen molar-refractivity contribution in [3.8, 4) is 11.5 Å². The molecule has 0 spiro atoms. The first-order valence-electron chi connectivity index (χ1n) is 6.56. The van der Waals surface area contributed by atoms with Gasteiger partial charge in [0.1, 0.15) is 6.10 Å². The van der Waals surface area contributed by atoms with Crippen molar-refractivity contribution in [2.75, 3.05) is 33.9 Å². The molecule has 2 N–H and O–H groups in total. The van der Waals surface area contributed by atoms with Crippen LogP contribution in [-0.4, -0.2) is 45.9 Å². The monoisotopic (exact) mass is 280 g/mol. The van der Waals surface area contributed by atoms with Gasteiger partial charge in [0, 0.05) is 25.2 Å². The summed E-state index contributed by atoms with van der Waals surface area (Å²) in [5, 5.41) is 5.98. The average Bonchev–Trinajstić information content (AvgIpc) is 2.52. The second-order valence-electron chi connectivity index (χ2n) is 4.43. The van der Waals surface area contributed by atoms with Crippen molar-refractivity contribution in [3.63, 3.8) is 0 Å². The van der Waals surface area contributed by atoms with E-state index in [1.807, 2.05) is 18.2 Å². The maximum Gasteiger partial charge on any atom is 0.250 e. The van der Waals surface area contributed by atoms with Gasteiger partial charge in [-0.3, -0.25) is 4.79 Å². The van der Waals surface area contributed by atoms with Crippen LogP contribution in [0.2, 0.25) is 0 Å². The molecule has 0 aromatic heterocycles. The van der Waals surface area contributed by atoms with Crippen LogP contribution in [0.15, 0.2) is 18.2 Å². The number of rotatable bonds is 5. The maximum absolute atomic E-state index is 12.0. The molecule has 2 rings (SSSR count). The maximum atomic E-state index is 12.0. The third-order valence-electron chi connectivity index (χ3n) is 3.16. The Morgan fingerprint density at radius 2 is 2.30 bits per heavy atom. The van der Waals surface area contributed by atoms with Gasteiger partial charge in [0.2, 0.25) is 0 Å². The normalized spacial score (nSPS) is 18.4. The molecule has 1 fully saturated rings. The number of para-hydroxylation sites is 1. The van der Waals surface area contributed by atoms with Gasteiger partial charge in [0.15, 0.2) is 11.5 Å². The predicted octanol–water partition coefficient (Wildman–Crippen LogP) is 0.308. The highest BCUT2D eigenvalue weighted by atomic mass is 16.5. The second-order valence-corrected chi connectivity index (χ2v) is 4.43. The quantitative estimate of drug-likeness (QED) is 0.812. The van der Waals surface area contributed by atoms with Crippen LogP contribution in [0.4, 0.5) is 0 Å². The van der Waals surface area contributed by atoms with Crippen molar-refractivity contribution < 1.29 is 19.0 Å². The molecule has 0 bridgehead atoms. The lowest BCUT2D eigenvalue weighted by molar-refractivity contribution is -0.134. The van der Waals surface area contributed by atoms with Gasteiger partial charge in [0.25, 0.3) is 5.91 Å². The standard InChI is InChI=1S/C14H20N2O4/c1-18-11-5-3-4-10(13(11)19-2)8-16-14(17)12-9-15-6-7-20-12/h3-5,12,15H,6-9H2,1-2H3,(H,16,17). The fourth-order valence-electron chi connectivity index (χ4n) is 2.12. The summed E-state index contributed by atoms with van der Waals surface area (Å²) in [5.74, 6) is 1.16. The van der Waals surface area contributed by atoms with Gasteiger partial charge in [-0.15, -0.1) is 0 Å². The Kier molecular flexibility index (Phi) is 5.20. The molecular formula is C14H20N2O4. The summed E-state index contributed by atoms with van der Waals surface area (Å²) in [6.07, 6.45) is -0.430. The van der Waals surface area contributed by atoms with E-state index in [1.54, 1.807) is 14.2 Å². The van der Waals surface area contributed by atoms with E-state index in [0.29, 0.717) is 31.2 Å². The minimum absolute atomic E-state index is 0.123. The van der Waals surface area contributed by atoms with Crippen LogP contribution in [-0.2, 0) is 16.1 Å². The Labute approximate surface area is 118 Å². The number of carbonyl (C=O) groups excluding carboxylic acids is 1. The van der Waals surface area contributed by atoms with E-state index in [1.165, 1.54) is 0 Å². The molecule has 1 unspecified atom stereocenters. The van der Waals surface area contributed by atoms with Gasteiger partial charge in [0.05, 0.1) is 20.8 Å². The van der Waals surface area contributed by atoms with E-state index in [0.717, 1.165) is 12.1 Å². The van der Waals surface area contributed by atoms with Crippen molar-refractivity contribution in [2.24, 2.45) is 0 Å². The first kappa shape index (κ1) is 14.6. The Morgan fingerprint density at radius 3 is 2.95 bits per heavy atom. The predicted molar refractivity (Wildman–Crippen MR) is 74.0 cm³/mol. The number of nitrogens with one attached hydrogen (secondary N) is 2. The molecule has 1 saturated heterocycles. The van der Waals surface area contributed by atoms with Crippen LogP contribution >= 0.6 is 0 Å². The molecule has 1 amide bonds. The van der Waals surface area contributed by atoms with E-state index in [2.05, 4.69) is 10.6 Å². The lowest BCUT2D eigenvalue weighted by atomic mass is 10.1. The smallest absolute Gasteiger partial charge is 0.250 e. The molecule has 0 radical (unpaired) electrons. The first-order chi connectivity index (χ1) is 9.76. The zero-order valence-electron chi connectivity index (χ0n) is 11.8. The molecule has 1 aliphatic rings. The molecule has 1 heterocycles. The Bertz CT molecular complexity index is 458. The molecule has 6 nitrogen and oxygen atoms in total. The number of amides is 1. The summed E-state index contributed by atoms with van der Waals surface area (Å²) in [6, 6.07) is 5.57. The van der Waals surface area contributed by atoms with Crippen molar-refractivity contribution in [1.82, 2.24) is 10.6 Å². The summed E-state index contributed by atoms with van der Waals surface area (Å²) in [5.41, 5.74) is 0.865. The summed E-state index contributed by atoms with van der Waals surface area (Å²) in [6.45, 7) is 2.26. The van der Waals surface area contributed by atoms with Crippen LogP contribution in [0.3, 0.4) is 0 Å². The zero-order chi connectivity index (χ0) is 14.4. The SMILES string of the molecule is COc1cccc(CNC(=O)C2CNCCO2)c1OC. The average molecular weight is 280 g/mol. The minimum Gasteiger partial charge on any atom is -0.493 e. The lowest BCUT2D eigenvalue weighted by Gasteiger charge is -2.23. The van der Waals surface area contributed by atoms with Crippen LogP contribution in [0, 0.1) is 0 Å². The highest BCUT2D eigenvalue weighted by Gasteiger charge is 2.21. The van der Waals surface area contributed by atoms with E-state index >= 15 is 0 Å². The Hall–Kier alpha value is -1.79. The molecule has 0 saturated carbocycles. The lowest BCUT2D eigenvalue weighted by Crippen LogP contribution is -2.47. The Morgan fingerprint density at radius 1 is 1.45 bits per heavy atom. The summed E-state index contributed by atoms with van der Waals surface area (Å²) in [7, 11) is 3.17. The van der Waals surface area contributed by atoms with Gasteiger partial charge < -0.3 is 24.8 Å². The molecule has 0 aliphatic carbocycles. The third kappa shape index (κ3) is 3.40. The van der Waals surface area contributed by atoms with Crippen LogP contribution in [0.5, 0.6) is 11.5 Å². The topological polar surface area (TPSA) is 68.8 Å². The van der Waals surface area contributed by atoms with Gasteiger partial charge in [-0.25, -0.2) is 0 Å². The molecule has 1 atom stereocenters. The van der Waals surface area contributed by atoms with Crippen molar-refractivity contribution >= 4 is 5.91 Å². The second kappa shape index (κ2) is 7.12. The highest BCUT2D eigenvalue weighted by Crippen LogP contribution is 2.30. The third-order valence-corrected chi connectivity index (χ3v) is 3.16. The van der Waals surface area contributed by atoms with Crippen LogP contribution < -0.4 is 20.1 Å². The van der Waals surface area contributed by atoms with Gasteiger partial charge >= 0.3 is 0 Å². The fraction of sp³-hybridized carbons (Fsp3) is 0.500. The van der Waals surface area contributed by atoms with Crippen molar-refractivity contribution in [3.05, 3.63) is 23.8 Å². The number of carbonyl (C=O) groups is 1. The number of morpholine rings is 1. The summed E-state index contributed by atoms with van der Waals surface area (Å²) >= 11 is 0. The fourth-order valence-corrected chi connectivity index (χ4v) is 2.12. The van der Waals surface area contributed by atoms with Crippen LogP contribution in [0.25, 0.3) is 0 Å². The number of hydrogen-bond donors (Lipinski definition) is 2. The Balaban J connectivity index is 1.98. The molecule has 1 aliphatic heterocycles. The minimum atomic E-state index is -0.430. The number of ether oxygens (including phenoxy) is 3. The van der Waals surface area contributed by atoms with E-state index < -0.39 is 6.10 Å². The van der Waals surface area contributed by atoms with E-state index in [9.17, 15) is 4.79 Å². The van der Waals surface area contributed by atoms with Crippen molar-refractivity contribution in [1.29, 1.82) is 0 Å². The molecular weight excluding hydrogens is 260 g/mol. The molecule has 20 heavy (non-hydrogen) atoms. The van der Waals surface area contributed by atoms with Gasteiger partial charge in [-0.05, 0) is 6.07 Å². The van der Waals surface area contributed by atoms with Gasteiger partial charge in [-0.1, -0.05) is 12.1 Å². The van der Waals surface area contributed by atoms with E-state index in [-0.39, 0.29) is 5.91 Å². The largest absolute Gasteiger partial charge is 0.493 e.